The summed E-state index contributed by atoms with van der Waals surface area (Å²) in [6.07, 6.45) is 1.71. The lowest BCUT2D eigenvalue weighted by atomic mass is 9.86. The molecule has 26 heavy (non-hydrogen) atoms. The fraction of sp³-hybridized carbons (Fsp3) is 0.400. The molecule has 0 saturated carbocycles. The molecule has 6 nitrogen and oxygen atoms in total. The summed E-state index contributed by atoms with van der Waals surface area (Å²) in [5.41, 5.74) is 10.9. The van der Waals surface area contributed by atoms with Gasteiger partial charge in [-0.3, -0.25) is 0 Å². The third kappa shape index (κ3) is 2.74. The van der Waals surface area contributed by atoms with Crippen molar-refractivity contribution in [2.45, 2.75) is 25.3 Å². The Morgan fingerprint density at radius 1 is 1.38 bits per heavy atom. The first kappa shape index (κ1) is 16.7. The summed E-state index contributed by atoms with van der Waals surface area (Å²) in [6.45, 7) is 2.90. The molecule has 2 aliphatic heterocycles. The zero-order valence-electron chi connectivity index (χ0n) is 14.9. The van der Waals surface area contributed by atoms with Gasteiger partial charge < -0.3 is 20.1 Å². The van der Waals surface area contributed by atoms with Crippen LogP contribution in [0.2, 0.25) is 0 Å². The highest BCUT2D eigenvalue weighted by atomic mass is 16.5. The molecule has 0 radical (unpaired) electrons. The maximum Gasteiger partial charge on any atom is 0.142 e. The number of hydrogen-bond donors (Lipinski definition) is 1. The summed E-state index contributed by atoms with van der Waals surface area (Å²) < 4.78 is 11.1. The molecule has 1 atom stereocenters. The summed E-state index contributed by atoms with van der Waals surface area (Å²) in [7, 11) is 1.69. The number of nitrogens with two attached hydrogens (primary N) is 1. The summed E-state index contributed by atoms with van der Waals surface area (Å²) in [5.74, 6) is 1.41. The Morgan fingerprint density at radius 2 is 2.23 bits per heavy atom. The van der Waals surface area contributed by atoms with E-state index in [-0.39, 0.29) is 5.92 Å². The van der Waals surface area contributed by atoms with E-state index in [1.165, 1.54) is 0 Å². The summed E-state index contributed by atoms with van der Waals surface area (Å²) in [4.78, 5) is 6.83. The molecule has 0 spiro atoms. The van der Waals surface area contributed by atoms with Gasteiger partial charge in [0.25, 0.3) is 0 Å². The number of rotatable bonds is 3. The molecule has 0 aliphatic carbocycles. The van der Waals surface area contributed by atoms with Crippen molar-refractivity contribution >= 4 is 11.5 Å². The molecule has 0 bridgehead atoms. The van der Waals surface area contributed by atoms with Gasteiger partial charge in [0.15, 0.2) is 0 Å². The van der Waals surface area contributed by atoms with Gasteiger partial charge in [-0.1, -0.05) is 12.1 Å². The van der Waals surface area contributed by atoms with E-state index in [2.05, 4.69) is 22.0 Å². The number of pyridine rings is 1. The van der Waals surface area contributed by atoms with E-state index in [0.29, 0.717) is 24.5 Å². The van der Waals surface area contributed by atoms with Crippen molar-refractivity contribution < 1.29 is 9.47 Å². The summed E-state index contributed by atoms with van der Waals surface area (Å²) in [5, 5.41) is 9.68. The van der Waals surface area contributed by atoms with Gasteiger partial charge >= 0.3 is 0 Å². The predicted octanol–water partition coefficient (Wildman–Crippen LogP) is 2.61. The van der Waals surface area contributed by atoms with Gasteiger partial charge in [-0.15, -0.1) is 0 Å². The first-order valence-corrected chi connectivity index (χ1v) is 8.89. The number of fused-ring (bicyclic) bond motifs is 1. The van der Waals surface area contributed by atoms with E-state index < -0.39 is 0 Å². The first-order valence-electron chi connectivity index (χ1n) is 8.89. The van der Waals surface area contributed by atoms with Crippen LogP contribution in [0.4, 0.5) is 11.5 Å². The molecule has 4 rings (SSSR count). The minimum Gasteiger partial charge on any atom is -0.495 e. The van der Waals surface area contributed by atoms with E-state index >= 15 is 0 Å². The van der Waals surface area contributed by atoms with E-state index in [4.69, 9.17) is 15.2 Å². The highest BCUT2D eigenvalue weighted by Crippen LogP contribution is 2.38. The number of anilines is 2. The molecule has 3 heterocycles. The normalized spacial score (nSPS) is 19.1. The van der Waals surface area contributed by atoms with Gasteiger partial charge in [-0.25, -0.2) is 4.98 Å². The first-order chi connectivity index (χ1) is 12.7. The number of aromatic nitrogens is 1. The van der Waals surface area contributed by atoms with Crippen LogP contribution in [-0.2, 0) is 17.7 Å². The fourth-order valence-corrected chi connectivity index (χ4v) is 4.03. The van der Waals surface area contributed by atoms with Crippen molar-refractivity contribution in [2.75, 3.05) is 37.5 Å². The Morgan fingerprint density at radius 3 is 2.96 bits per heavy atom. The molecule has 1 fully saturated rings. The zero-order valence-corrected chi connectivity index (χ0v) is 14.9. The molecule has 2 aliphatic rings. The van der Waals surface area contributed by atoms with Crippen molar-refractivity contribution in [2.24, 2.45) is 0 Å². The number of nitriles is 1. The Hall–Kier alpha value is -2.78. The van der Waals surface area contributed by atoms with Gasteiger partial charge in [-0.2, -0.15) is 5.26 Å². The lowest BCUT2D eigenvalue weighted by Gasteiger charge is -2.33. The molecule has 1 aromatic heterocycles. The predicted molar refractivity (Wildman–Crippen MR) is 99.3 cm³/mol. The molecule has 6 heteroatoms. The van der Waals surface area contributed by atoms with Gasteiger partial charge in [0.1, 0.15) is 17.6 Å². The summed E-state index contributed by atoms with van der Waals surface area (Å²) in [6, 6.07) is 10.3. The molecule has 1 unspecified atom stereocenters. The second-order valence-electron chi connectivity index (χ2n) is 6.73. The standard InChI is InChI=1S/C20H22N4O2/c1-25-18-5-3-2-4-17(18)24-8-6-16-15(11-24)19(13-7-9-26-12-13)14(10-21)20(22)23-16/h2-5,13H,6-9,11-12H2,1H3,(H2,22,23). The molecular weight excluding hydrogens is 328 g/mol. The van der Waals surface area contributed by atoms with Crippen LogP contribution in [0.1, 0.15) is 34.7 Å². The SMILES string of the molecule is COc1ccccc1N1CCc2nc(N)c(C#N)c(C3CCOC3)c2C1. The number of nitrogens with zero attached hydrogens (tertiary/aromatic N) is 3. The number of para-hydroxylation sites is 2. The van der Waals surface area contributed by atoms with Gasteiger partial charge in [0.05, 0.1) is 25.0 Å². The molecule has 1 aromatic carbocycles. The molecule has 2 N–H and O–H groups in total. The van der Waals surface area contributed by atoms with Gasteiger partial charge in [-0.05, 0) is 29.7 Å². The lowest BCUT2D eigenvalue weighted by Crippen LogP contribution is -2.33. The quantitative estimate of drug-likeness (QED) is 0.916. The van der Waals surface area contributed by atoms with Crippen LogP contribution in [0, 0.1) is 11.3 Å². The van der Waals surface area contributed by atoms with Gasteiger partial charge in [0, 0.05) is 37.7 Å². The highest BCUT2D eigenvalue weighted by Gasteiger charge is 2.31. The van der Waals surface area contributed by atoms with Gasteiger partial charge in [0.2, 0.25) is 0 Å². The van der Waals surface area contributed by atoms with Crippen molar-refractivity contribution in [1.29, 1.82) is 5.26 Å². The Labute approximate surface area is 153 Å². The number of benzene rings is 1. The van der Waals surface area contributed by atoms with Crippen molar-refractivity contribution in [3.8, 4) is 11.8 Å². The number of methoxy groups -OCH3 is 1. The van der Waals surface area contributed by atoms with E-state index in [9.17, 15) is 5.26 Å². The van der Waals surface area contributed by atoms with Crippen LogP contribution in [0.25, 0.3) is 0 Å². The summed E-state index contributed by atoms with van der Waals surface area (Å²) >= 11 is 0. The lowest BCUT2D eigenvalue weighted by molar-refractivity contribution is 0.193. The number of ether oxygens (including phenoxy) is 2. The minimum absolute atomic E-state index is 0.210. The van der Waals surface area contributed by atoms with Crippen LogP contribution in [-0.4, -0.2) is 31.9 Å². The molecule has 134 valence electrons. The van der Waals surface area contributed by atoms with Crippen molar-refractivity contribution in [3.05, 3.63) is 46.6 Å². The average Bonchev–Trinajstić information content (AvgIpc) is 3.21. The topological polar surface area (TPSA) is 84.4 Å². The van der Waals surface area contributed by atoms with Crippen molar-refractivity contribution in [3.63, 3.8) is 0 Å². The monoisotopic (exact) mass is 350 g/mol. The maximum atomic E-state index is 9.68. The smallest absolute Gasteiger partial charge is 0.142 e. The zero-order chi connectivity index (χ0) is 18.1. The minimum atomic E-state index is 0.210. The second-order valence-corrected chi connectivity index (χ2v) is 6.73. The number of nitrogen functional groups attached to an aromatic ring is 1. The molecule has 1 saturated heterocycles. The Balaban J connectivity index is 1.79. The Bertz CT molecular complexity index is 869. The van der Waals surface area contributed by atoms with Crippen LogP contribution in [0.3, 0.4) is 0 Å². The third-order valence-electron chi connectivity index (χ3n) is 5.30. The van der Waals surface area contributed by atoms with E-state index in [1.807, 2.05) is 18.2 Å². The van der Waals surface area contributed by atoms with Crippen LogP contribution in [0.15, 0.2) is 24.3 Å². The maximum absolute atomic E-state index is 9.68. The largest absolute Gasteiger partial charge is 0.495 e. The molecule has 0 amide bonds. The number of hydrogen-bond acceptors (Lipinski definition) is 6. The second kappa shape index (κ2) is 6.85. The highest BCUT2D eigenvalue weighted by molar-refractivity contribution is 5.63. The van der Waals surface area contributed by atoms with Crippen molar-refractivity contribution in [1.82, 2.24) is 4.98 Å². The third-order valence-corrected chi connectivity index (χ3v) is 5.30. The van der Waals surface area contributed by atoms with E-state index in [0.717, 1.165) is 54.3 Å². The average molecular weight is 350 g/mol. The van der Waals surface area contributed by atoms with E-state index in [1.54, 1.807) is 7.11 Å². The van der Waals surface area contributed by atoms with Crippen LogP contribution < -0.4 is 15.4 Å². The van der Waals surface area contributed by atoms with Crippen LogP contribution >= 0.6 is 0 Å². The fourth-order valence-electron chi connectivity index (χ4n) is 4.03. The van der Waals surface area contributed by atoms with Crippen LogP contribution in [0.5, 0.6) is 5.75 Å². The molecule has 2 aromatic rings. The molecular formula is C20H22N4O2. The Kier molecular flexibility index (Phi) is 4.39.